The van der Waals surface area contributed by atoms with Crippen LogP contribution in [0.15, 0.2) is 84.2 Å². The van der Waals surface area contributed by atoms with Crippen molar-refractivity contribution in [2.45, 2.75) is 20.4 Å². The smallest absolute Gasteiger partial charge is 0.159 e. The van der Waals surface area contributed by atoms with E-state index in [0.29, 0.717) is 5.82 Å². The van der Waals surface area contributed by atoms with Gasteiger partial charge in [0, 0.05) is 17.8 Å². The zero-order chi connectivity index (χ0) is 21.2. The third-order valence-electron chi connectivity index (χ3n) is 5.79. The number of hydrazone groups is 1. The van der Waals surface area contributed by atoms with E-state index in [4.69, 9.17) is 0 Å². The molecule has 5 rings (SSSR count). The lowest BCUT2D eigenvalue weighted by Crippen LogP contribution is -2.03. The molecule has 0 spiro atoms. The number of rotatable bonds is 5. The van der Waals surface area contributed by atoms with Crippen molar-refractivity contribution in [1.29, 1.82) is 0 Å². The van der Waals surface area contributed by atoms with Gasteiger partial charge < -0.3 is 4.57 Å². The van der Waals surface area contributed by atoms with Crippen molar-refractivity contribution in [3.8, 4) is 0 Å². The van der Waals surface area contributed by atoms with Crippen molar-refractivity contribution >= 4 is 33.8 Å². The topological polar surface area (TPSA) is 55.1 Å². The fourth-order valence-electron chi connectivity index (χ4n) is 4.04. The van der Waals surface area contributed by atoms with Crippen LogP contribution in [0.2, 0.25) is 0 Å². The molecule has 0 aliphatic rings. The summed E-state index contributed by atoms with van der Waals surface area (Å²) in [6, 6.07) is 25.0. The normalized spacial score (nSPS) is 11.5. The van der Waals surface area contributed by atoms with E-state index in [-0.39, 0.29) is 0 Å². The van der Waals surface area contributed by atoms with Gasteiger partial charge in [-0.1, -0.05) is 72.8 Å². The van der Waals surface area contributed by atoms with Crippen LogP contribution in [-0.2, 0) is 6.54 Å². The molecular formula is C26H23N5. The highest BCUT2D eigenvalue weighted by Crippen LogP contribution is 2.29. The quantitative estimate of drug-likeness (QED) is 0.302. The molecule has 2 aromatic heterocycles. The van der Waals surface area contributed by atoms with Crippen molar-refractivity contribution in [3.63, 3.8) is 0 Å². The molecule has 0 saturated carbocycles. The van der Waals surface area contributed by atoms with E-state index in [1.54, 1.807) is 6.33 Å². The predicted molar refractivity (Wildman–Crippen MR) is 128 cm³/mol. The molecule has 1 N–H and O–H groups in total. The molecule has 0 aliphatic heterocycles. The lowest BCUT2D eigenvalue weighted by atomic mass is 10.1. The van der Waals surface area contributed by atoms with Crippen molar-refractivity contribution in [1.82, 2.24) is 14.5 Å². The van der Waals surface area contributed by atoms with Gasteiger partial charge >= 0.3 is 0 Å². The molecule has 0 fully saturated rings. The molecule has 0 aliphatic carbocycles. The fraction of sp³-hybridized carbons (Fsp3) is 0.115. The van der Waals surface area contributed by atoms with Gasteiger partial charge in [0.1, 0.15) is 12.0 Å². The zero-order valence-electron chi connectivity index (χ0n) is 17.6. The average molecular weight is 406 g/mol. The molecule has 0 bridgehead atoms. The average Bonchev–Trinajstić information content (AvgIpc) is 3.05. The first-order valence-electron chi connectivity index (χ1n) is 10.3. The number of benzene rings is 3. The molecule has 5 aromatic rings. The highest BCUT2D eigenvalue weighted by atomic mass is 15.3. The number of anilines is 1. The van der Waals surface area contributed by atoms with Crippen LogP contribution in [0.25, 0.3) is 21.8 Å². The van der Waals surface area contributed by atoms with Crippen LogP contribution in [0.3, 0.4) is 0 Å². The molecular weight excluding hydrogens is 382 g/mol. The van der Waals surface area contributed by atoms with Crippen LogP contribution in [0.4, 0.5) is 5.82 Å². The second-order valence-electron chi connectivity index (χ2n) is 7.64. The first-order chi connectivity index (χ1) is 15.2. The van der Waals surface area contributed by atoms with E-state index in [1.165, 1.54) is 22.0 Å². The van der Waals surface area contributed by atoms with Crippen LogP contribution >= 0.6 is 0 Å². The third-order valence-corrected chi connectivity index (χ3v) is 5.79. The summed E-state index contributed by atoms with van der Waals surface area (Å²) in [5.74, 6) is 0.717. The molecule has 3 aromatic carbocycles. The molecule has 0 atom stereocenters. The Morgan fingerprint density at radius 2 is 1.68 bits per heavy atom. The Morgan fingerprint density at radius 1 is 0.903 bits per heavy atom. The Bertz CT molecular complexity index is 1390. The summed E-state index contributed by atoms with van der Waals surface area (Å²) in [5, 5.41) is 7.87. The van der Waals surface area contributed by atoms with Crippen LogP contribution in [0.1, 0.15) is 22.4 Å². The summed E-state index contributed by atoms with van der Waals surface area (Å²) in [4.78, 5) is 9.06. The molecule has 152 valence electrons. The zero-order valence-corrected chi connectivity index (χ0v) is 17.6. The van der Waals surface area contributed by atoms with Gasteiger partial charge in [-0.2, -0.15) is 5.10 Å². The van der Waals surface area contributed by atoms with E-state index in [9.17, 15) is 0 Å². The number of aromatic nitrogens is 3. The minimum absolute atomic E-state index is 0.717. The second-order valence-corrected chi connectivity index (χ2v) is 7.64. The number of nitrogens with zero attached hydrogens (tertiary/aromatic N) is 4. The number of aryl methyl sites for hydroxylation is 1. The molecule has 0 amide bonds. The number of hydrogen-bond acceptors (Lipinski definition) is 4. The number of fused-ring (bicyclic) bond motifs is 2. The maximum absolute atomic E-state index is 4.59. The largest absolute Gasteiger partial charge is 0.325 e. The van der Waals surface area contributed by atoms with E-state index in [2.05, 4.69) is 87.4 Å². The summed E-state index contributed by atoms with van der Waals surface area (Å²) in [5.41, 5.74) is 8.71. The Morgan fingerprint density at radius 3 is 2.55 bits per heavy atom. The van der Waals surface area contributed by atoms with E-state index < -0.39 is 0 Å². The van der Waals surface area contributed by atoms with Gasteiger partial charge in [0.25, 0.3) is 0 Å². The Labute approximate surface area is 181 Å². The van der Waals surface area contributed by atoms with Crippen molar-refractivity contribution in [2.75, 3.05) is 5.43 Å². The van der Waals surface area contributed by atoms with Crippen LogP contribution < -0.4 is 5.43 Å². The summed E-state index contributed by atoms with van der Waals surface area (Å²) in [7, 11) is 0. The molecule has 0 saturated heterocycles. The van der Waals surface area contributed by atoms with Gasteiger partial charge in [0.05, 0.1) is 11.6 Å². The Hall–Kier alpha value is -3.99. The Balaban J connectivity index is 1.49. The summed E-state index contributed by atoms with van der Waals surface area (Å²) in [6.45, 7) is 5.01. The van der Waals surface area contributed by atoms with Gasteiger partial charge in [-0.05, 0) is 35.7 Å². The summed E-state index contributed by atoms with van der Waals surface area (Å²) in [6.07, 6.45) is 3.44. The molecule has 2 heterocycles. The molecule has 0 unspecified atom stereocenters. The first kappa shape index (κ1) is 19.0. The van der Waals surface area contributed by atoms with E-state index in [0.717, 1.165) is 28.7 Å². The number of hydrogen-bond donors (Lipinski definition) is 1. The lowest BCUT2D eigenvalue weighted by molar-refractivity contribution is 0.790. The van der Waals surface area contributed by atoms with Gasteiger partial charge in [-0.3, -0.25) is 5.43 Å². The van der Waals surface area contributed by atoms with E-state index in [1.807, 2.05) is 30.5 Å². The fourth-order valence-corrected chi connectivity index (χ4v) is 4.04. The van der Waals surface area contributed by atoms with Crippen molar-refractivity contribution < 1.29 is 0 Å². The van der Waals surface area contributed by atoms with Gasteiger partial charge in [-0.25, -0.2) is 9.97 Å². The third kappa shape index (κ3) is 3.55. The summed E-state index contributed by atoms with van der Waals surface area (Å²) < 4.78 is 2.24. The standard InChI is InChI=1S/C26H23N5/c1-18-19(2)31(16-20-9-4-3-5-10-20)26-24(18)25(27-17-28-26)30-29-15-22-13-8-12-21-11-6-7-14-23(21)22/h3-15,17H,16H2,1-2H3,(H,27,28,30)/b29-15+. The molecule has 31 heavy (non-hydrogen) atoms. The van der Waals surface area contributed by atoms with Crippen LogP contribution in [0, 0.1) is 13.8 Å². The second kappa shape index (κ2) is 8.03. The van der Waals surface area contributed by atoms with Gasteiger partial charge in [0.2, 0.25) is 0 Å². The maximum atomic E-state index is 4.59. The van der Waals surface area contributed by atoms with Crippen LogP contribution in [-0.4, -0.2) is 20.7 Å². The lowest BCUT2D eigenvalue weighted by Gasteiger charge is -2.08. The molecule has 0 radical (unpaired) electrons. The van der Waals surface area contributed by atoms with Crippen molar-refractivity contribution in [3.05, 3.63) is 102 Å². The molecule has 5 nitrogen and oxygen atoms in total. The first-order valence-corrected chi connectivity index (χ1v) is 10.3. The van der Waals surface area contributed by atoms with Crippen LogP contribution in [0.5, 0.6) is 0 Å². The van der Waals surface area contributed by atoms with E-state index >= 15 is 0 Å². The van der Waals surface area contributed by atoms with Gasteiger partial charge in [0.15, 0.2) is 5.82 Å². The van der Waals surface area contributed by atoms with Gasteiger partial charge in [-0.15, -0.1) is 0 Å². The minimum Gasteiger partial charge on any atom is -0.325 e. The Kier molecular flexibility index (Phi) is 4.92. The minimum atomic E-state index is 0.717. The monoisotopic (exact) mass is 405 g/mol. The summed E-state index contributed by atoms with van der Waals surface area (Å²) >= 11 is 0. The number of nitrogens with one attached hydrogen (secondary N) is 1. The SMILES string of the molecule is Cc1c(C)n(Cc2ccccc2)c2ncnc(N/N=C/c3cccc4ccccc34)c12. The predicted octanol–water partition coefficient (Wildman–Crippen LogP) is 5.70. The highest BCUT2D eigenvalue weighted by molar-refractivity contribution is 6.00. The highest BCUT2D eigenvalue weighted by Gasteiger charge is 2.16. The maximum Gasteiger partial charge on any atom is 0.159 e. The van der Waals surface area contributed by atoms with Crippen molar-refractivity contribution in [2.24, 2.45) is 5.10 Å². The molecule has 5 heteroatoms.